The number of thioether (sulfide) groups is 1. The number of anilines is 1. The van der Waals surface area contributed by atoms with Crippen LogP contribution in [-0.4, -0.2) is 35.0 Å². The molecule has 0 saturated carbocycles. The lowest BCUT2D eigenvalue weighted by atomic mass is 10.3. The summed E-state index contributed by atoms with van der Waals surface area (Å²) in [6.45, 7) is 6.99. The molecule has 2 atom stereocenters. The quantitative estimate of drug-likeness (QED) is 0.838. The molecule has 0 bridgehead atoms. The summed E-state index contributed by atoms with van der Waals surface area (Å²) in [5.74, 6) is 1.74. The average molecular weight is 253 g/mol. The van der Waals surface area contributed by atoms with Crippen LogP contribution in [0.15, 0.2) is 5.03 Å². The minimum atomic E-state index is 0.313. The molecule has 1 N–H and O–H groups in total. The highest BCUT2D eigenvalue weighted by Gasteiger charge is 2.26. The maximum atomic E-state index is 5.58. The number of ether oxygens (including phenoxy) is 1. The minimum absolute atomic E-state index is 0.313. The van der Waals surface area contributed by atoms with Gasteiger partial charge in [-0.2, -0.15) is 0 Å². The Morgan fingerprint density at radius 1 is 1.35 bits per heavy atom. The number of aryl methyl sites for hydroxylation is 1. The largest absolute Gasteiger partial charge is 0.377 e. The molecule has 0 aromatic carbocycles. The van der Waals surface area contributed by atoms with Gasteiger partial charge in [0.2, 0.25) is 0 Å². The molecule has 1 aromatic heterocycles. The molecule has 0 spiro atoms. The van der Waals surface area contributed by atoms with E-state index in [9.17, 15) is 0 Å². The van der Waals surface area contributed by atoms with Gasteiger partial charge in [0.05, 0.1) is 6.10 Å². The Balaban J connectivity index is 2.22. The first-order chi connectivity index (χ1) is 8.11. The molecule has 0 amide bonds. The Kier molecular flexibility index (Phi) is 3.89. The Labute approximate surface area is 107 Å². The van der Waals surface area contributed by atoms with Gasteiger partial charge in [-0.1, -0.05) is 11.8 Å². The van der Waals surface area contributed by atoms with Crippen molar-refractivity contribution in [3.05, 3.63) is 11.4 Å². The maximum absolute atomic E-state index is 5.58. The van der Waals surface area contributed by atoms with Gasteiger partial charge in [-0.05, 0) is 27.2 Å². The molecule has 2 rings (SSSR count). The molecule has 1 aromatic rings. The summed E-state index contributed by atoms with van der Waals surface area (Å²) in [5, 5.41) is 4.70. The third-order valence-electron chi connectivity index (χ3n) is 3.02. The van der Waals surface area contributed by atoms with Gasteiger partial charge in [0.15, 0.2) is 0 Å². The van der Waals surface area contributed by atoms with Crippen LogP contribution >= 0.6 is 11.8 Å². The molecule has 1 fully saturated rings. The van der Waals surface area contributed by atoms with E-state index in [4.69, 9.17) is 4.74 Å². The van der Waals surface area contributed by atoms with Crippen LogP contribution in [-0.2, 0) is 4.74 Å². The molecule has 0 aliphatic carbocycles. The zero-order chi connectivity index (χ0) is 12.4. The number of nitrogens with one attached hydrogen (secondary N) is 1. The molecule has 1 saturated heterocycles. The summed E-state index contributed by atoms with van der Waals surface area (Å²) >= 11 is 1.81. The normalized spacial score (nSPS) is 24.0. The summed E-state index contributed by atoms with van der Waals surface area (Å²) < 4.78 is 5.58. The Hall–Kier alpha value is -0.810. The number of nitrogens with zero attached hydrogens (tertiary/aromatic N) is 2. The Bertz CT molecular complexity index is 411. The van der Waals surface area contributed by atoms with Crippen molar-refractivity contribution in [3.63, 3.8) is 0 Å². The molecule has 1 aliphatic heterocycles. The van der Waals surface area contributed by atoms with E-state index in [0.29, 0.717) is 11.4 Å². The topological polar surface area (TPSA) is 47.0 Å². The van der Waals surface area contributed by atoms with Gasteiger partial charge in [-0.25, -0.2) is 9.97 Å². The van der Waals surface area contributed by atoms with Crippen LogP contribution < -0.4 is 5.32 Å². The van der Waals surface area contributed by atoms with Crippen molar-refractivity contribution in [1.29, 1.82) is 0 Å². The number of hydrogen-bond donors (Lipinski definition) is 1. The van der Waals surface area contributed by atoms with Gasteiger partial charge in [0.1, 0.15) is 16.7 Å². The number of rotatable bonds is 3. The molecule has 1 aliphatic rings. The predicted molar refractivity (Wildman–Crippen MR) is 70.7 cm³/mol. The van der Waals surface area contributed by atoms with Crippen molar-refractivity contribution in [2.24, 2.45) is 0 Å². The fourth-order valence-electron chi connectivity index (χ4n) is 1.97. The van der Waals surface area contributed by atoms with Crippen LogP contribution in [0, 0.1) is 13.8 Å². The van der Waals surface area contributed by atoms with Crippen LogP contribution in [0.1, 0.15) is 24.7 Å². The molecular weight excluding hydrogens is 234 g/mol. The van der Waals surface area contributed by atoms with E-state index in [0.717, 1.165) is 35.3 Å². The highest BCUT2D eigenvalue weighted by atomic mass is 32.2. The Morgan fingerprint density at radius 3 is 2.71 bits per heavy atom. The third-order valence-corrected chi connectivity index (χ3v) is 4.56. The average Bonchev–Trinajstić information content (AvgIpc) is 2.69. The number of aromatic nitrogens is 2. The first-order valence-corrected chi connectivity index (χ1v) is 6.81. The van der Waals surface area contributed by atoms with E-state index in [1.165, 1.54) is 0 Å². The van der Waals surface area contributed by atoms with Gasteiger partial charge in [0.25, 0.3) is 0 Å². The van der Waals surface area contributed by atoms with Gasteiger partial charge in [-0.3, -0.25) is 0 Å². The van der Waals surface area contributed by atoms with Crippen LogP contribution in [0.3, 0.4) is 0 Å². The van der Waals surface area contributed by atoms with Crippen LogP contribution in [0.5, 0.6) is 0 Å². The monoisotopic (exact) mass is 253 g/mol. The second kappa shape index (κ2) is 5.23. The summed E-state index contributed by atoms with van der Waals surface area (Å²) in [5.41, 5.74) is 1.13. The van der Waals surface area contributed by atoms with Crippen molar-refractivity contribution in [1.82, 2.24) is 9.97 Å². The van der Waals surface area contributed by atoms with Crippen LogP contribution in [0.4, 0.5) is 5.82 Å². The molecule has 2 unspecified atom stereocenters. The summed E-state index contributed by atoms with van der Waals surface area (Å²) in [7, 11) is 1.89. The highest BCUT2D eigenvalue weighted by molar-refractivity contribution is 8.00. The van der Waals surface area contributed by atoms with E-state index >= 15 is 0 Å². The first kappa shape index (κ1) is 12.6. The lowest BCUT2D eigenvalue weighted by Crippen LogP contribution is -2.14. The van der Waals surface area contributed by atoms with Gasteiger partial charge in [-0.15, -0.1) is 0 Å². The second-order valence-electron chi connectivity index (χ2n) is 4.32. The smallest absolute Gasteiger partial charge is 0.133 e. The van der Waals surface area contributed by atoms with Gasteiger partial charge >= 0.3 is 0 Å². The summed E-state index contributed by atoms with van der Waals surface area (Å²) in [4.78, 5) is 8.91. The van der Waals surface area contributed by atoms with E-state index in [1.54, 1.807) is 0 Å². The first-order valence-electron chi connectivity index (χ1n) is 5.93. The maximum Gasteiger partial charge on any atom is 0.133 e. The fourth-order valence-corrected chi connectivity index (χ4v) is 3.20. The number of hydrogen-bond acceptors (Lipinski definition) is 5. The zero-order valence-corrected chi connectivity index (χ0v) is 11.6. The molecular formula is C12H19N3OS. The van der Waals surface area contributed by atoms with E-state index in [-0.39, 0.29) is 0 Å². The van der Waals surface area contributed by atoms with Gasteiger partial charge in [0, 0.05) is 24.5 Å². The SMILES string of the molecule is CNc1nc(C)nc(SC2CCOC2C)c1C. The van der Waals surface area contributed by atoms with Crippen LogP contribution in [0.25, 0.3) is 0 Å². The minimum Gasteiger partial charge on any atom is -0.377 e. The van der Waals surface area contributed by atoms with Crippen molar-refractivity contribution < 1.29 is 4.74 Å². The molecule has 94 valence electrons. The van der Waals surface area contributed by atoms with Crippen molar-refractivity contribution in [3.8, 4) is 0 Å². The molecule has 17 heavy (non-hydrogen) atoms. The van der Waals surface area contributed by atoms with E-state index in [1.807, 2.05) is 25.7 Å². The third kappa shape index (κ3) is 2.72. The molecule has 4 nitrogen and oxygen atoms in total. The van der Waals surface area contributed by atoms with Crippen molar-refractivity contribution >= 4 is 17.6 Å². The lowest BCUT2D eigenvalue weighted by Gasteiger charge is -2.16. The highest BCUT2D eigenvalue weighted by Crippen LogP contribution is 2.34. The lowest BCUT2D eigenvalue weighted by molar-refractivity contribution is 0.127. The summed E-state index contributed by atoms with van der Waals surface area (Å²) in [6, 6.07) is 0. The summed E-state index contributed by atoms with van der Waals surface area (Å²) in [6.07, 6.45) is 1.41. The molecule has 0 radical (unpaired) electrons. The predicted octanol–water partition coefficient (Wildman–Crippen LogP) is 2.40. The van der Waals surface area contributed by atoms with Crippen LogP contribution in [0.2, 0.25) is 0 Å². The molecule has 5 heteroatoms. The standard InChI is InChI=1S/C12H19N3OS/c1-7-11(13-4)14-9(3)15-12(7)17-10-5-6-16-8(10)2/h8,10H,5-6H2,1-4H3,(H,13,14,15). The van der Waals surface area contributed by atoms with Gasteiger partial charge < -0.3 is 10.1 Å². The van der Waals surface area contributed by atoms with Crippen molar-refractivity contribution in [2.75, 3.05) is 19.0 Å². The van der Waals surface area contributed by atoms with Crippen molar-refractivity contribution in [2.45, 2.75) is 43.6 Å². The fraction of sp³-hybridized carbons (Fsp3) is 0.667. The second-order valence-corrected chi connectivity index (χ2v) is 5.55. The molecule has 2 heterocycles. The zero-order valence-electron chi connectivity index (χ0n) is 10.8. The van der Waals surface area contributed by atoms with E-state index < -0.39 is 0 Å². The van der Waals surface area contributed by atoms with E-state index in [2.05, 4.69) is 29.1 Å². The Morgan fingerprint density at radius 2 is 2.12 bits per heavy atom.